The monoisotopic (exact) mass is 594 g/mol. The minimum absolute atomic E-state index is 0.120. The van der Waals surface area contributed by atoms with Crippen LogP contribution in [0.5, 0.6) is 11.5 Å². The molecule has 42 heavy (non-hydrogen) atoms. The van der Waals surface area contributed by atoms with Crippen LogP contribution in [0.4, 0.5) is 9.59 Å². The van der Waals surface area contributed by atoms with Gasteiger partial charge < -0.3 is 18.9 Å². The van der Waals surface area contributed by atoms with Crippen LogP contribution < -0.4 is 9.47 Å². The molecule has 0 heterocycles. The molecule has 2 aromatic rings. The molecular weight excluding hydrogens is 560 g/mol. The molecule has 14 heteroatoms. The Morgan fingerprint density at radius 3 is 1.24 bits per heavy atom. The smallest absolute Gasteiger partial charge is 0.494 e. The zero-order valence-corrected chi connectivity index (χ0v) is 23.4. The van der Waals surface area contributed by atoms with Gasteiger partial charge in [-0.15, -0.1) is 0 Å². The van der Waals surface area contributed by atoms with Crippen LogP contribution in [0.3, 0.4) is 0 Å². The van der Waals surface area contributed by atoms with Crippen LogP contribution in [0.2, 0.25) is 0 Å². The van der Waals surface area contributed by atoms with Crippen LogP contribution in [0, 0.1) is 0 Å². The quantitative estimate of drug-likeness (QED) is 0.0825. The molecule has 230 valence electrons. The van der Waals surface area contributed by atoms with Crippen molar-refractivity contribution >= 4 is 24.2 Å². The summed E-state index contributed by atoms with van der Waals surface area (Å²) in [7, 11) is 0. The van der Waals surface area contributed by atoms with E-state index in [9.17, 15) is 19.2 Å². The third-order valence-corrected chi connectivity index (χ3v) is 5.12. The maximum atomic E-state index is 11.9. The second kappa shape index (κ2) is 20.3. The van der Waals surface area contributed by atoms with Crippen LogP contribution in [-0.4, -0.2) is 50.7 Å². The van der Waals surface area contributed by atoms with E-state index in [-0.39, 0.29) is 37.2 Å². The second-order valence-corrected chi connectivity index (χ2v) is 8.40. The predicted molar refractivity (Wildman–Crippen MR) is 141 cm³/mol. The van der Waals surface area contributed by atoms with E-state index < -0.39 is 24.2 Å². The maximum absolute atomic E-state index is 11.9. The van der Waals surface area contributed by atoms with E-state index in [1.165, 1.54) is 24.3 Å². The van der Waals surface area contributed by atoms with Gasteiger partial charge in [0.1, 0.15) is 11.5 Å². The highest BCUT2D eigenvalue weighted by molar-refractivity contribution is 5.89. The molecule has 0 N–H and O–H groups in total. The standard InChI is InChI=1S/C28H34O14/c1-3-5-17-33-23-13-9-21(10-14-23)25(29)37-41-39-27(31)35-19-7-8-20-36-28(32)40-42-38-26(30)22-11-15-24(16-12-22)34-18-6-4-2/h9-16H,3-8,17-20H2,1-2H3. The lowest BCUT2D eigenvalue weighted by atomic mass is 10.2. The van der Waals surface area contributed by atoms with Crippen molar-refractivity contribution in [1.29, 1.82) is 0 Å². The first-order chi connectivity index (χ1) is 20.4. The molecule has 0 saturated heterocycles. The average Bonchev–Trinajstić information content (AvgIpc) is 2.99. The summed E-state index contributed by atoms with van der Waals surface area (Å²) in [6.45, 7) is 4.99. The van der Waals surface area contributed by atoms with Gasteiger partial charge in [-0.2, -0.15) is 0 Å². The molecule has 0 aliphatic heterocycles. The number of hydrogen-bond acceptors (Lipinski definition) is 14. The van der Waals surface area contributed by atoms with Crippen molar-refractivity contribution in [2.75, 3.05) is 26.4 Å². The average molecular weight is 595 g/mol. The van der Waals surface area contributed by atoms with Crippen molar-refractivity contribution < 1.29 is 67.8 Å². The van der Waals surface area contributed by atoms with Crippen molar-refractivity contribution in [3.05, 3.63) is 59.7 Å². The molecule has 0 saturated carbocycles. The normalized spacial score (nSPS) is 10.2. The van der Waals surface area contributed by atoms with Crippen LogP contribution in [0.15, 0.2) is 48.5 Å². The number of rotatable bonds is 19. The summed E-state index contributed by atoms with van der Waals surface area (Å²) >= 11 is 0. The van der Waals surface area contributed by atoms with E-state index >= 15 is 0 Å². The van der Waals surface area contributed by atoms with Crippen molar-refractivity contribution in [3.63, 3.8) is 0 Å². The first-order valence-corrected chi connectivity index (χ1v) is 13.3. The Balaban J connectivity index is 1.47. The molecule has 0 spiro atoms. The molecule has 14 nitrogen and oxygen atoms in total. The van der Waals surface area contributed by atoms with Crippen molar-refractivity contribution in [1.82, 2.24) is 0 Å². The Labute approximate surface area is 242 Å². The lowest BCUT2D eigenvalue weighted by Gasteiger charge is -2.07. The molecule has 2 aromatic carbocycles. The van der Waals surface area contributed by atoms with Crippen LogP contribution in [0.1, 0.15) is 73.1 Å². The Bertz CT molecular complexity index is 997. The second-order valence-electron chi connectivity index (χ2n) is 8.40. The number of carbonyl (C=O) groups excluding carboxylic acids is 4. The number of ether oxygens (including phenoxy) is 4. The summed E-state index contributed by atoms with van der Waals surface area (Å²) in [6.07, 6.45) is 1.85. The van der Waals surface area contributed by atoms with E-state index in [0.29, 0.717) is 24.7 Å². The molecular formula is C28H34O14. The molecule has 0 unspecified atom stereocenters. The Hall–Kier alpha value is -4.56. The summed E-state index contributed by atoms with van der Waals surface area (Å²) < 4.78 is 20.4. The van der Waals surface area contributed by atoms with Gasteiger partial charge in [0, 0.05) is 0 Å². The molecule has 0 aliphatic rings. The number of benzene rings is 2. The van der Waals surface area contributed by atoms with E-state index in [1.54, 1.807) is 24.3 Å². The van der Waals surface area contributed by atoms with Gasteiger partial charge in [0.2, 0.25) is 0 Å². The van der Waals surface area contributed by atoms with Crippen molar-refractivity contribution in [2.45, 2.75) is 52.4 Å². The topological polar surface area (TPSA) is 161 Å². The predicted octanol–water partition coefficient (Wildman–Crippen LogP) is 5.84. The minimum Gasteiger partial charge on any atom is -0.494 e. The van der Waals surface area contributed by atoms with Crippen LogP contribution in [-0.2, 0) is 39.1 Å². The third-order valence-electron chi connectivity index (χ3n) is 5.12. The minimum atomic E-state index is -1.25. The first kappa shape index (κ1) is 33.6. The van der Waals surface area contributed by atoms with E-state index in [1.807, 2.05) is 13.8 Å². The largest absolute Gasteiger partial charge is 0.543 e. The zero-order chi connectivity index (χ0) is 30.4. The molecule has 0 atom stereocenters. The number of unbranched alkanes of at least 4 members (excludes halogenated alkanes) is 3. The van der Waals surface area contributed by atoms with Crippen molar-refractivity contribution in [3.8, 4) is 11.5 Å². The van der Waals surface area contributed by atoms with E-state index in [2.05, 4.69) is 29.6 Å². The van der Waals surface area contributed by atoms with Gasteiger partial charge in [0.05, 0.1) is 47.6 Å². The van der Waals surface area contributed by atoms with Gasteiger partial charge in [-0.1, -0.05) is 26.7 Å². The van der Waals surface area contributed by atoms with Gasteiger partial charge in [-0.3, -0.25) is 9.78 Å². The number of carbonyl (C=O) groups is 4. The Morgan fingerprint density at radius 2 is 0.881 bits per heavy atom. The van der Waals surface area contributed by atoms with Crippen LogP contribution >= 0.6 is 0 Å². The summed E-state index contributed by atoms with van der Waals surface area (Å²) in [5, 5.41) is 8.28. The maximum Gasteiger partial charge on any atom is 0.543 e. The molecule has 0 aliphatic carbocycles. The van der Waals surface area contributed by atoms with E-state index in [0.717, 1.165) is 25.7 Å². The van der Waals surface area contributed by atoms with Gasteiger partial charge in [-0.05, 0) is 74.2 Å². The fraction of sp³-hybridized carbons (Fsp3) is 0.429. The Kier molecular flexibility index (Phi) is 16.3. The summed E-state index contributed by atoms with van der Waals surface area (Å²) in [5.41, 5.74) is 0.297. The highest BCUT2D eigenvalue weighted by Gasteiger charge is 2.14. The molecule has 0 fully saturated rings. The fourth-order valence-corrected chi connectivity index (χ4v) is 2.85. The summed E-state index contributed by atoms with van der Waals surface area (Å²) in [6, 6.07) is 12.2. The Morgan fingerprint density at radius 1 is 0.500 bits per heavy atom. The zero-order valence-electron chi connectivity index (χ0n) is 23.4. The van der Waals surface area contributed by atoms with Crippen molar-refractivity contribution in [2.24, 2.45) is 0 Å². The fourth-order valence-electron chi connectivity index (χ4n) is 2.85. The lowest BCUT2D eigenvalue weighted by Crippen LogP contribution is -2.14. The van der Waals surface area contributed by atoms with Crippen LogP contribution in [0.25, 0.3) is 0 Å². The van der Waals surface area contributed by atoms with E-state index in [4.69, 9.17) is 18.9 Å². The molecule has 0 aromatic heterocycles. The highest BCUT2D eigenvalue weighted by atomic mass is 17.5. The molecule has 0 amide bonds. The SMILES string of the molecule is CCCCOc1ccc(C(=O)OOOC(=O)OCCCCOC(=O)OOOC(=O)c2ccc(OCCCC)cc2)cc1. The summed E-state index contributed by atoms with van der Waals surface area (Å²) in [5.74, 6) is -0.591. The molecule has 0 bridgehead atoms. The third kappa shape index (κ3) is 14.2. The first-order valence-electron chi connectivity index (χ1n) is 13.3. The highest BCUT2D eigenvalue weighted by Crippen LogP contribution is 2.15. The molecule has 0 radical (unpaired) electrons. The number of hydrogen-bond donors (Lipinski definition) is 0. The lowest BCUT2D eigenvalue weighted by molar-refractivity contribution is -0.452. The van der Waals surface area contributed by atoms with Gasteiger partial charge >= 0.3 is 24.2 Å². The summed E-state index contributed by atoms with van der Waals surface area (Å²) in [4.78, 5) is 63.9. The van der Waals surface area contributed by atoms with Gasteiger partial charge in [0.25, 0.3) is 0 Å². The van der Waals surface area contributed by atoms with Gasteiger partial charge in [-0.25, -0.2) is 29.0 Å². The van der Waals surface area contributed by atoms with Gasteiger partial charge in [0.15, 0.2) is 0 Å². The molecule has 2 rings (SSSR count).